The number of hydrogen-bond acceptors (Lipinski definition) is 3. The summed E-state index contributed by atoms with van der Waals surface area (Å²) in [5, 5.41) is 2.84. The molecule has 2 amide bonds. The Balaban J connectivity index is 1.35. The third-order valence-electron chi connectivity index (χ3n) is 6.68. The van der Waals surface area contributed by atoms with Crippen LogP contribution in [-0.4, -0.2) is 16.7 Å². The zero-order valence-electron chi connectivity index (χ0n) is 19.8. The first-order valence-corrected chi connectivity index (χ1v) is 11.6. The highest BCUT2D eigenvalue weighted by Gasteiger charge is 2.31. The van der Waals surface area contributed by atoms with Crippen molar-refractivity contribution in [2.45, 2.75) is 26.9 Å². The fourth-order valence-electron chi connectivity index (χ4n) is 4.67. The van der Waals surface area contributed by atoms with Gasteiger partial charge in [0.15, 0.2) is 0 Å². The molecular weight excluding hydrogens is 434 g/mol. The molecule has 3 N–H and O–H groups in total. The van der Waals surface area contributed by atoms with E-state index in [1.54, 1.807) is 24.3 Å². The van der Waals surface area contributed by atoms with Crippen molar-refractivity contribution in [2.24, 2.45) is 0 Å². The molecule has 0 unspecified atom stereocenters. The van der Waals surface area contributed by atoms with E-state index >= 15 is 0 Å². The molecule has 35 heavy (non-hydrogen) atoms. The molecule has 0 saturated heterocycles. The number of aryl methyl sites for hydroxylation is 1. The number of anilines is 2. The molecule has 0 spiro atoms. The molecule has 5 heteroatoms. The molecule has 174 valence electrons. The number of carbonyl (C=O) groups excluding carboxylic acids is 2. The maximum Gasteiger partial charge on any atom is 0.255 e. The zero-order chi connectivity index (χ0) is 24.5. The summed E-state index contributed by atoms with van der Waals surface area (Å²) >= 11 is 0. The Bertz CT molecular complexity index is 1430. The Kier molecular flexibility index (Phi) is 5.83. The highest BCUT2D eigenvalue weighted by atomic mass is 16.2. The van der Waals surface area contributed by atoms with E-state index in [4.69, 9.17) is 5.73 Å². The van der Waals surface area contributed by atoms with Gasteiger partial charge in [-0.15, -0.1) is 0 Å². The second-order valence-corrected chi connectivity index (χ2v) is 8.99. The molecular formula is C30H27N3O2. The number of hydrogen-bond donors (Lipinski definition) is 2. The second-order valence-electron chi connectivity index (χ2n) is 8.99. The van der Waals surface area contributed by atoms with Crippen molar-refractivity contribution in [1.82, 2.24) is 4.90 Å². The lowest BCUT2D eigenvalue weighted by Gasteiger charge is -2.17. The maximum atomic E-state index is 13.3. The van der Waals surface area contributed by atoms with Gasteiger partial charge in [-0.3, -0.25) is 9.59 Å². The molecule has 4 aromatic carbocycles. The molecule has 0 saturated carbocycles. The van der Waals surface area contributed by atoms with Crippen molar-refractivity contribution in [1.29, 1.82) is 0 Å². The summed E-state index contributed by atoms with van der Waals surface area (Å²) in [4.78, 5) is 27.8. The van der Waals surface area contributed by atoms with E-state index in [1.807, 2.05) is 53.4 Å². The molecule has 0 radical (unpaired) electrons. The third-order valence-corrected chi connectivity index (χ3v) is 6.68. The van der Waals surface area contributed by atoms with E-state index < -0.39 is 0 Å². The van der Waals surface area contributed by atoms with Crippen molar-refractivity contribution in [2.75, 3.05) is 11.1 Å². The van der Waals surface area contributed by atoms with Crippen LogP contribution in [0.4, 0.5) is 11.4 Å². The van der Waals surface area contributed by atoms with Gasteiger partial charge in [0.25, 0.3) is 11.8 Å². The minimum Gasteiger partial charge on any atom is -0.397 e. The van der Waals surface area contributed by atoms with Gasteiger partial charge in [0.2, 0.25) is 0 Å². The molecule has 0 atom stereocenters. The number of nitrogens with two attached hydrogens (primary N) is 1. The summed E-state index contributed by atoms with van der Waals surface area (Å²) in [6.07, 6.45) is 0. The van der Waals surface area contributed by atoms with Gasteiger partial charge in [0.1, 0.15) is 0 Å². The van der Waals surface area contributed by atoms with Crippen LogP contribution in [-0.2, 0) is 13.1 Å². The third kappa shape index (κ3) is 4.28. The van der Waals surface area contributed by atoms with Crippen LogP contribution in [0.15, 0.2) is 84.9 Å². The number of benzene rings is 4. The molecule has 1 aliphatic heterocycles. The van der Waals surface area contributed by atoms with Crippen LogP contribution in [0, 0.1) is 13.8 Å². The number of rotatable bonds is 5. The SMILES string of the molecule is Cc1cc2c(c(-c3ccccc3)c1C)CN(Cc1ccc(C(=O)Nc3ccccc3N)cc1)C2=O. The first-order valence-electron chi connectivity index (χ1n) is 11.6. The number of carbonyl (C=O) groups is 2. The van der Waals surface area contributed by atoms with E-state index in [2.05, 4.69) is 31.3 Å². The summed E-state index contributed by atoms with van der Waals surface area (Å²) in [7, 11) is 0. The fourth-order valence-corrected chi connectivity index (χ4v) is 4.67. The van der Waals surface area contributed by atoms with Gasteiger partial charge in [-0.05, 0) is 77.6 Å². The van der Waals surface area contributed by atoms with Crippen LogP contribution in [0.3, 0.4) is 0 Å². The van der Waals surface area contributed by atoms with Gasteiger partial charge in [0.05, 0.1) is 11.4 Å². The smallest absolute Gasteiger partial charge is 0.255 e. The quantitative estimate of drug-likeness (QED) is 0.360. The van der Waals surface area contributed by atoms with E-state index in [0.717, 1.165) is 33.4 Å². The summed E-state index contributed by atoms with van der Waals surface area (Å²) in [5.41, 5.74) is 15.0. The van der Waals surface area contributed by atoms with Gasteiger partial charge in [-0.25, -0.2) is 0 Å². The van der Waals surface area contributed by atoms with Gasteiger partial charge < -0.3 is 16.0 Å². The van der Waals surface area contributed by atoms with Crippen LogP contribution in [0.1, 0.15) is 43.0 Å². The average Bonchev–Trinajstić information content (AvgIpc) is 3.16. The minimum absolute atomic E-state index is 0.0432. The van der Waals surface area contributed by atoms with Crippen molar-refractivity contribution in [3.05, 3.63) is 118 Å². The van der Waals surface area contributed by atoms with Crippen molar-refractivity contribution >= 4 is 23.2 Å². The lowest BCUT2D eigenvalue weighted by molar-refractivity contribution is 0.0766. The second kappa shape index (κ2) is 9.11. The van der Waals surface area contributed by atoms with Gasteiger partial charge in [-0.2, -0.15) is 0 Å². The number of amides is 2. The minimum atomic E-state index is -0.224. The highest BCUT2D eigenvalue weighted by Crippen LogP contribution is 2.37. The Hall–Kier alpha value is -4.38. The predicted octanol–water partition coefficient (Wildman–Crippen LogP) is 5.96. The normalized spacial score (nSPS) is 12.5. The molecule has 0 fully saturated rings. The van der Waals surface area contributed by atoms with E-state index in [0.29, 0.717) is 30.0 Å². The molecule has 1 aliphatic rings. The molecule has 5 nitrogen and oxygen atoms in total. The van der Waals surface area contributed by atoms with Crippen LogP contribution in [0.5, 0.6) is 0 Å². The lowest BCUT2D eigenvalue weighted by Crippen LogP contribution is -2.23. The first-order chi connectivity index (χ1) is 16.9. The average molecular weight is 462 g/mol. The number of nitrogens with one attached hydrogen (secondary N) is 1. The van der Waals surface area contributed by atoms with E-state index in [9.17, 15) is 9.59 Å². The van der Waals surface area contributed by atoms with Gasteiger partial charge in [0, 0.05) is 24.2 Å². The monoisotopic (exact) mass is 461 g/mol. The lowest BCUT2D eigenvalue weighted by atomic mass is 9.90. The van der Waals surface area contributed by atoms with E-state index in [-0.39, 0.29) is 11.8 Å². The van der Waals surface area contributed by atoms with Crippen molar-refractivity contribution in [3.63, 3.8) is 0 Å². The Morgan fingerprint density at radius 2 is 1.63 bits per heavy atom. The van der Waals surface area contributed by atoms with Crippen LogP contribution in [0.2, 0.25) is 0 Å². The first kappa shape index (κ1) is 22.4. The number of nitrogens with zero attached hydrogens (tertiary/aromatic N) is 1. The fraction of sp³-hybridized carbons (Fsp3) is 0.133. The highest BCUT2D eigenvalue weighted by molar-refractivity contribution is 6.05. The standard InChI is InChI=1S/C30H27N3O2/c1-19-16-24-25(28(20(19)2)22-8-4-3-5-9-22)18-33(30(24)35)17-21-12-14-23(15-13-21)29(34)32-27-11-7-6-10-26(27)31/h3-16H,17-18,31H2,1-2H3,(H,32,34). The molecule has 0 aromatic heterocycles. The molecule has 0 bridgehead atoms. The van der Waals surface area contributed by atoms with Crippen LogP contribution >= 0.6 is 0 Å². The molecule has 5 rings (SSSR count). The predicted molar refractivity (Wildman–Crippen MR) is 140 cm³/mol. The largest absolute Gasteiger partial charge is 0.397 e. The maximum absolute atomic E-state index is 13.3. The summed E-state index contributed by atoms with van der Waals surface area (Å²) in [6.45, 7) is 5.23. The Morgan fingerprint density at radius 3 is 2.34 bits per heavy atom. The Morgan fingerprint density at radius 1 is 0.943 bits per heavy atom. The number of para-hydroxylation sites is 2. The van der Waals surface area contributed by atoms with Crippen molar-refractivity contribution in [3.8, 4) is 11.1 Å². The number of fused-ring (bicyclic) bond motifs is 1. The summed E-state index contributed by atoms with van der Waals surface area (Å²) in [6, 6.07) is 26.8. The topological polar surface area (TPSA) is 75.4 Å². The van der Waals surface area contributed by atoms with Gasteiger partial charge in [-0.1, -0.05) is 54.6 Å². The van der Waals surface area contributed by atoms with Crippen molar-refractivity contribution < 1.29 is 9.59 Å². The molecule has 1 heterocycles. The summed E-state index contributed by atoms with van der Waals surface area (Å²) < 4.78 is 0. The van der Waals surface area contributed by atoms with Crippen LogP contribution in [0.25, 0.3) is 11.1 Å². The number of nitrogen functional groups attached to an aromatic ring is 1. The van der Waals surface area contributed by atoms with Crippen LogP contribution < -0.4 is 11.1 Å². The zero-order valence-corrected chi connectivity index (χ0v) is 19.8. The van der Waals surface area contributed by atoms with E-state index in [1.165, 1.54) is 5.56 Å². The molecule has 4 aromatic rings. The van der Waals surface area contributed by atoms with Gasteiger partial charge >= 0.3 is 0 Å². The Labute approximate surface area is 205 Å². The molecule has 0 aliphatic carbocycles. The summed E-state index contributed by atoms with van der Waals surface area (Å²) in [5.74, 6) is -0.181.